The molecule has 17 heavy (non-hydrogen) atoms. The van der Waals surface area contributed by atoms with Crippen molar-refractivity contribution in [1.29, 1.82) is 0 Å². The second-order valence-electron chi connectivity index (χ2n) is 3.41. The van der Waals surface area contributed by atoms with Crippen LogP contribution in [0, 0.1) is 0 Å². The fourth-order valence-electron chi connectivity index (χ4n) is 1.39. The molecule has 0 aliphatic heterocycles. The van der Waals surface area contributed by atoms with Gasteiger partial charge in [0.25, 0.3) is 0 Å². The van der Waals surface area contributed by atoms with Crippen LogP contribution in [0.15, 0.2) is 12.3 Å². The lowest BCUT2D eigenvalue weighted by molar-refractivity contribution is 0.0697. The number of carboxylic acid groups (broad SMARTS) is 1. The fraction of sp³-hybridized carbons (Fsp3) is 0.300. The second-order valence-corrected chi connectivity index (χ2v) is 4.41. The molecule has 0 aromatic carbocycles. The van der Waals surface area contributed by atoms with Gasteiger partial charge in [0.1, 0.15) is 15.6 Å². The Morgan fingerprint density at radius 3 is 2.94 bits per heavy atom. The van der Waals surface area contributed by atoms with Gasteiger partial charge in [0, 0.05) is 20.4 Å². The van der Waals surface area contributed by atoms with E-state index in [-0.39, 0.29) is 11.5 Å². The van der Waals surface area contributed by atoms with E-state index in [1.807, 2.05) is 0 Å². The number of methoxy groups -OCH3 is 1. The third kappa shape index (κ3) is 2.34. The first-order valence-electron chi connectivity index (χ1n) is 4.83. The number of aryl methyl sites for hydroxylation is 1. The van der Waals surface area contributed by atoms with Crippen LogP contribution in [0.1, 0.15) is 15.4 Å². The van der Waals surface area contributed by atoms with Gasteiger partial charge in [0.05, 0.1) is 12.3 Å². The van der Waals surface area contributed by atoms with E-state index in [0.717, 1.165) is 11.3 Å². The average Bonchev–Trinajstić information content (AvgIpc) is 2.85. The van der Waals surface area contributed by atoms with E-state index < -0.39 is 5.97 Å². The molecule has 0 aliphatic carbocycles. The van der Waals surface area contributed by atoms with E-state index >= 15 is 0 Å². The van der Waals surface area contributed by atoms with Gasteiger partial charge in [0.15, 0.2) is 0 Å². The standard InChI is InChI=1S/C10H11N3O3S/c1-13-4-3-6(12-13)9-11-7(5-16-2)8(17-9)10(14)15/h3-4H,5H2,1-2H3,(H,14,15). The van der Waals surface area contributed by atoms with Crippen molar-refractivity contribution in [2.45, 2.75) is 6.61 Å². The van der Waals surface area contributed by atoms with Crippen molar-refractivity contribution in [2.75, 3.05) is 7.11 Å². The third-order valence-corrected chi connectivity index (χ3v) is 3.21. The van der Waals surface area contributed by atoms with Crippen molar-refractivity contribution in [3.8, 4) is 10.7 Å². The molecule has 2 rings (SSSR count). The molecule has 90 valence electrons. The van der Waals surface area contributed by atoms with Gasteiger partial charge in [0.2, 0.25) is 0 Å². The number of rotatable bonds is 4. The van der Waals surface area contributed by atoms with Gasteiger partial charge in [-0.3, -0.25) is 4.68 Å². The summed E-state index contributed by atoms with van der Waals surface area (Å²) in [4.78, 5) is 15.5. The average molecular weight is 253 g/mol. The molecular formula is C10H11N3O3S. The number of ether oxygens (including phenoxy) is 1. The van der Waals surface area contributed by atoms with Crippen LogP contribution in [0.3, 0.4) is 0 Å². The predicted molar refractivity (Wildman–Crippen MR) is 62.0 cm³/mol. The Bertz CT molecular complexity index is 547. The van der Waals surface area contributed by atoms with Gasteiger partial charge in [-0.15, -0.1) is 11.3 Å². The molecule has 0 saturated carbocycles. The molecule has 2 aromatic rings. The lowest BCUT2D eigenvalue weighted by Crippen LogP contribution is -1.99. The maximum absolute atomic E-state index is 11.0. The van der Waals surface area contributed by atoms with Gasteiger partial charge in [-0.25, -0.2) is 9.78 Å². The van der Waals surface area contributed by atoms with Gasteiger partial charge in [-0.1, -0.05) is 0 Å². The van der Waals surface area contributed by atoms with Crippen LogP contribution in [0.5, 0.6) is 0 Å². The summed E-state index contributed by atoms with van der Waals surface area (Å²) in [5.74, 6) is -0.989. The van der Waals surface area contributed by atoms with E-state index in [0.29, 0.717) is 16.4 Å². The van der Waals surface area contributed by atoms with Crippen molar-refractivity contribution in [3.05, 3.63) is 22.8 Å². The van der Waals surface area contributed by atoms with E-state index in [1.54, 1.807) is 24.0 Å². The summed E-state index contributed by atoms with van der Waals surface area (Å²) in [6.45, 7) is 0.185. The van der Waals surface area contributed by atoms with Crippen LogP contribution in [-0.4, -0.2) is 33.0 Å². The van der Waals surface area contributed by atoms with Crippen LogP contribution in [-0.2, 0) is 18.4 Å². The minimum atomic E-state index is -0.989. The van der Waals surface area contributed by atoms with Crippen LogP contribution in [0.4, 0.5) is 0 Å². The Labute approximate surface area is 101 Å². The minimum Gasteiger partial charge on any atom is -0.477 e. The molecule has 0 unspecified atom stereocenters. The number of aromatic nitrogens is 3. The normalized spacial score (nSPS) is 10.7. The topological polar surface area (TPSA) is 77.2 Å². The van der Waals surface area contributed by atoms with Crippen molar-refractivity contribution >= 4 is 17.3 Å². The van der Waals surface area contributed by atoms with Crippen molar-refractivity contribution in [2.24, 2.45) is 7.05 Å². The van der Waals surface area contributed by atoms with Crippen molar-refractivity contribution < 1.29 is 14.6 Å². The smallest absolute Gasteiger partial charge is 0.347 e. The van der Waals surface area contributed by atoms with Crippen molar-refractivity contribution in [3.63, 3.8) is 0 Å². The first-order valence-corrected chi connectivity index (χ1v) is 5.65. The minimum absolute atomic E-state index is 0.185. The van der Waals surface area contributed by atoms with E-state index in [2.05, 4.69) is 10.1 Å². The summed E-state index contributed by atoms with van der Waals surface area (Å²) in [5, 5.41) is 13.8. The van der Waals surface area contributed by atoms with Crippen LogP contribution in [0.2, 0.25) is 0 Å². The van der Waals surface area contributed by atoms with Crippen LogP contribution < -0.4 is 0 Å². The molecule has 7 heteroatoms. The van der Waals surface area contributed by atoms with E-state index in [9.17, 15) is 4.79 Å². The van der Waals surface area contributed by atoms with Gasteiger partial charge >= 0.3 is 5.97 Å². The van der Waals surface area contributed by atoms with Gasteiger partial charge in [-0.05, 0) is 6.07 Å². The molecule has 6 nitrogen and oxygen atoms in total. The summed E-state index contributed by atoms with van der Waals surface area (Å²) in [7, 11) is 3.30. The number of hydrogen-bond donors (Lipinski definition) is 1. The Balaban J connectivity index is 2.43. The zero-order chi connectivity index (χ0) is 12.4. The number of carbonyl (C=O) groups is 1. The highest BCUT2D eigenvalue weighted by atomic mass is 32.1. The number of carboxylic acids is 1. The molecule has 0 saturated heterocycles. The predicted octanol–water partition coefficient (Wildman–Crippen LogP) is 1.39. The first-order chi connectivity index (χ1) is 8.11. The van der Waals surface area contributed by atoms with E-state index in [4.69, 9.17) is 9.84 Å². The molecule has 2 heterocycles. The Morgan fingerprint density at radius 2 is 2.41 bits per heavy atom. The highest BCUT2D eigenvalue weighted by Crippen LogP contribution is 2.27. The van der Waals surface area contributed by atoms with E-state index in [1.165, 1.54) is 7.11 Å². The van der Waals surface area contributed by atoms with Gasteiger partial charge < -0.3 is 9.84 Å². The highest BCUT2D eigenvalue weighted by Gasteiger charge is 2.18. The molecule has 2 aromatic heterocycles. The second kappa shape index (κ2) is 4.64. The molecule has 0 amide bonds. The first kappa shape index (κ1) is 11.7. The summed E-state index contributed by atoms with van der Waals surface area (Å²) < 4.78 is 6.57. The monoisotopic (exact) mass is 253 g/mol. The Kier molecular flexibility index (Phi) is 3.21. The van der Waals surface area contributed by atoms with Gasteiger partial charge in [-0.2, -0.15) is 5.10 Å². The van der Waals surface area contributed by atoms with Crippen molar-refractivity contribution in [1.82, 2.24) is 14.8 Å². The largest absolute Gasteiger partial charge is 0.477 e. The molecule has 0 aliphatic rings. The Hall–Kier alpha value is -1.73. The maximum Gasteiger partial charge on any atom is 0.347 e. The fourth-order valence-corrected chi connectivity index (χ4v) is 2.26. The summed E-state index contributed by atoms with van der Waals surface area (Å²) in [5.41, 5.74) is 1.10. The Morgan fingerprint density at radius 1 is 1.65 bits per heavy atom. The number of hydrogen-bond acceptors (Lipinski definition) is 5. The number of thiazole rings is 1. The lowest BCUT2D eigenvalue weighted by atomic mass is 10.4. The summed E-state index contributed by atoms with van der Waals surface area (Å²) in [6.07, 6.45) is 1.78. The third-order valence-electron chi connectivity index (χ3n) is 2.11. The zero-order valence-corrected chi connectivity index (χ0v) is 10.2. The molecule has 1 N–H and O–H groups in total. The lowest BCUT2D eigenvalue weighted by Gasteiger charge is -1.94. The summed E-state index contributed by atoms with van der Waals surface area (Å²) in [6, 6.07) is 1.79. The number of nitrogens with zero attached hydrogens (tertiary/aromatic N) is 3. The molecule has 0 fully saturated rings. The molecule has 0 radical (unpaired) electrons. The number of aromatic carboxylic acids is 1. The maximum atomic E-state index is 11.0. The summed E-state index contributed by atoms with van der Waals surface area (Å²) >= 11 is 1.11. The quantitative estimate of drug-likeness (QED) is 0.890. The SMILES string of the molecule is COCc1nc(-c2ccn(C)n2)sc1C(=O)O. The molecule has 0 bridgehead atoms. The zero-order valence-electron chi connectivity index (χ0n) is 9.38. The molecular weight excluding hydrogens is 242 g/mol. The molecule has 0 spiro atoms. The molecule has 0 atom stereocenters. The van der Waals surface area contributed by atoms with Crippen LogP contribution in [0.25, 0.3) is 10.7 Å². The van der Waals surface area contributed by atoms with Crippen LogP contribution >= 0.6 is 11.3 Å². The highest BCUT2D eigenvalue weighted by molar-refractivity contribution is 7.17.